The van der Waals surface area contributed by atoms with Crippen LogP contribution in [0, 0.1) is 0 Å². The van der Waals surface area contributed by atoms with Crippen LogP contribution in [0.3, 0.4) is 0 Å². The molecule has 0 aliphatic rings. The fourth-order valence-corrected chi connectivity index (χ4v) is 1.03. The number of hydrogen-bond acceptors (Lipinski definition) is 2. The molecule has 2 nitrogen and oxygen atoms in total. The fraction of sp³-hybridized carbons (Fsp3) is 0.273. The van der Waals surface area contributed by atoms with E-state index in [1.54, 1.807) is 6.08 Å². The summed E-state index contributed by atoms with van der Waals surface area (Å²) in [5, 5.41) is 8.55. The van der Waals surface area contributed by atoms with Gasteiger partial charge in [0.2, 0.25) is 0 Å². The van der Waals surface area contributed by atoms with E-state index < -0.39 is 0 Å². The maximum Gasteiger partial charge on any atom is 0.119 e. The van der Waals surface area contributed by atoms with Crippen molar-refractivity contribution in [2.45, 2.75) is 6.92 Å². The molecule has 0 amide bonds. The highest BCUT2D eigenvalue weighted by Gasteiger charge is 1.90. The van der Waals surface area contributed by atoms with Crippen molar-refractivity contribution in [3.8, 4) is 5.75 Å². The van der Waals surface area contributed by atoms with Gasteiger partial charge in [-0.15, -0.1) is 0 Å². The number of benzene rings is 1. The second kappa shape index (κ2) is 5.38. The van der Waals surface area contributed by atoms with Gasteiger partial charge in [-0.25, -0.2) is 0 Å². The summed E-state index contributed by atoms with van der Waals surface area (Å²) < 4.78 is 5.29. The summed E-state index contributed by atoms with van der Waals surface area (Å²) in [6, 6.07) is 7.75. The number of hydrogen-bond donors (Lipinski definition) is 1. The average molecular weight is 178 g/mol. The monoisotopic (exact) mass is 178 g/mol. The Morgan fingerprint density at radius 2 is 2.00 bits per heavy atom. The Balaban J connectivity index is 2.64. The summed E-state index contributed by atoms with van der Waals surface area (Å²) >= 11 is 0. The molecule has 0 aliphatic carbocycles. The first-order chi connectivity index (χ1) is 6.36. The first kappa shape index (κ1) is 9.81. The minimum absolute atomic E-state index is 0.0766. The van der Waals surface area contributed by atoms with Gasteiger partial charge >= 0.3 is 0 Å². The normalized spacial score (nSPS) is 10.6. The molecule has 0 heterocycles. The Hall–Kier alpha value is -1.28. The summed E-state index contributed by atoms with van der Waals surface area (Å²) in [4.78, 5) is 0. The van der Waals surface area contributed by atoms with Gasteiger partial charge in [-0.1, -0.05) is 24.3 Å². The van der Waals surface area contributed by atoms with Crippen molar-refractivity contribution in [3.63, 3.8) is 0 Å². The maximum absolute atomic E-state index is 8.55. The van der Waals surface area contributed by atoms with Gasteiger partial charge in [-0.3, -0.25) is 0 Å². The Kier molecular flexibility index (Phi) is 4.06. The molecule has 0 atom stereocenters. The summed E-state index contributed by atoms with van der Waals surface area (Å²) in [6.07, 6.45) is 3.57. The lowest BCUT2D eigenvalue weighted by Crippen LogP contribution is -1.90. The zero-order valence-electron chi connectivity index (χ0n) is 7.73. The second-order valence-corrected chi connectivity index (χ2v) is 2.59. The smallest absolute Gasteiger partial charge is 0.119 e. The quantitative estimate of drug-likeness (QED) is 0.765. The molecule has 0 aliphatic heterocycles. The van der Waals surface area contributed by atoms with Crippen LogP contribution in [0.15, 0.2) is 30.3 Å². The molecule has 0 bridgehead atoms. The van der Waals surface area contributed by atoms with E-state index in [0.29, 0.717) is 6.61 Å². The van der Waals surface area contributed by atoms with E-state index in [-0.39, 0.29) is 6.61 Å². The first-order valence-electron chi connectivity index (χ1n) is 4.37. The van der Waals surface area contributed by atoms with Gasteiger partial charge in [0.25, 0.3) is 0 Å². The van der Waals surface area contributed by atoms with Crippen LogP contribution in [0.2, 0.25) is 0 Å². The molecule has 0 fully saturated rings. The summed E-state index contributed by atoms with van der Waals surface area (Å²) in [5.74, 6) is 0.878. The average Bonchev–Trinajstić information content (AvgIpc) is 2.17. The Labute approximate surface area is 78.5 Å². The summed E-state index contributed by atoms with van der Waals surface area (Å²) in [5.41, 5.74) is 1.07. The van der Waals surface area contributed by atoms with Crippen LogP contribution in [-0.2, 0) is 0 Å². The second-order valence-electron chi connectivity index (χ2n) is 2.59. The lowest BCUT2D eigenvalue weighted by atomic mass is 10.2. The molecule has 0 saturated carbocycles. The van der Waals surface area contributed by atoms with Gasteiger partial charge in [0, 0.05) is 0 Å². The third-order valence-corrected chi connectivity index (χ3v) is 1.61. The van der Waals surface area contributed by atoms with Crippen LogP contribution < -0.4 is 4.74 Å². The van der Waals surface area contributed by atoms with Crippen LogP contribution in [0.5, 0.6) is 5.75 Å². The van der Waals surface area contributed by atoms with Crippen molar-refractivity contribution in [1.29, 1.82) is 0 Å². The molecule has 0 saturated heterocycles. The molecular weight excluding hydrogens is 164 g/mol. The predicted molar refractivity (Wildman–Crippen MR) is 53.7 cm³/mol. The molecule has 0 radical (unpaired) electrons. The highest BCUT2D eigenvalue weighted by atomic mass is 16.5. The van der Waals surface area contributed by atoms with E-state index in [2.05, 4.69) is 0 Å². The van der Waals surface area contributed by atoms with E-state index in [1.165, 1.54) is 0 Å². The van der Waals surface area contributed by atoms with Crippen molar-refractivity contribution in [3.05, 3.63) is 35.9 Å². The summed E-state index contributed by atoms with van der Waals surface area (Å²) in [7, 11) is 0. The highest BCUT2D eigenvalue weighted by molar-refractivity contribution is 5.50. The molecular formula is C11H14O2. The highest BCUT2D eigenvalue weighted by Crippen LogP contribution is 2.12. The Bertz CT molecular complexity index is 262. The standard InChI is InChI=1S/C11H14O2/c1-2-13-11-7-5-10(6-8-11)4-3-9-12/h3-8,12H,2,9H2,1H3. The van der Waals surface area contributed by atoms with Crippen molar-refractivity contribution >= 4 is 6.08 Å². The van der Waals surface area contributed by atoms with Gasteiger partial charge in [-0.05, 0) is 24.6 Å². The van der Waals surface area contributed by atoms with Crippen molar-refractivity contribution in [2.24, 2.45) is 0 Å². The van der Waals surface area contributed by atoms with E-state index in [1.807, 2.05) is 37.3 Å². The topological polar surface area (TPSA) is 29.5 Å². The molecule has 0 spiro atoms. The molecule has 70 valence electrons. The van der Waals surface area contributed by atoms with Crippen molar-refractivity contribution in [2.75, 3.05) is 13.2 Å². The molecule has 1 N–H and O–H groups in total. The van der Waals surface area contributed by atoms with Gasteiger partial charge in [0.1, 0.15) is 5.75 Å². The number of aliphatic hydroxyl groups is 1. The van der Waals surface area contributed by atoms with Crippen molar-refractivity contribution in [1.82, 2.24) is 0 Å². The fourth-order valence-electron chi connectivity index (χ4n) is 1.03. The van der Waals surface area contributed by atoms with Gasteiger partial charge < -0.3 is 9.84 Å². The largest absolute Gasteiger partial charge is 0.494 e. The molecule has 0 aromatic heterocycles. The molecule has 0 unspecified atom stereocenters. The third-order valence-electron chi connectivity index (χ3n) is 1.61. The van der Waals surface area contributed by atoms with Crippen molar-refractivity contribution < 1.29 is 9.84 Å². The van der Waals surface area contributed by atoms with Crippen LogP contribution in [0.1, 0.15) is 12.5 Å². The molecule has 2 heteroatoms. The SMILES string of the molecule is CCOc1ccc(C=CCO)cc1. The Morgan fingerprint density at radius 3 is 2.54 bits per heavy atom. The van der Waals surface area contributed by atoms with Crippen LogP contribution in [0.25, 0.3) is 6.08 Å². The first-order valence-corrected chi connectivity index (χ1v) is 4.37. The van der Waals surface area contributed by atoms with Crippen LogP contribution in [-0.4, -0.2) is 18.3 Å². The zero-order valence-corrected chi connectivity index (χ0v) is 7.73. The number of rotatable bonds is 4. The Morgan fingerprint density at radius 1 is 1.31 bits per heavy atom. The van der Waals surface area contributed by atoms with E-state index in [4.69, 9.17) is 9.84 Å². The predicted octanol–water partition coefficient (Wildman–Crippen LogP) is 2.09. The zero-order chi connectivity index (χ0) is 9.52. The lowest BCUT2D eigenvalue weighted by Gasteiger charge is -2.01. The molecule has 13 heavy (non-hydrogen) atoms. The molecule has 1 rings (SSSR count). The molecule has 1 aromatic carbocycles. The third kappa shape index (κ3) is 3.30. The minimum Gasteiger partial charge on any atom is -0.494 e. The maximum atomic E-state index is 8.55. The molecule has 1 aromatic rings. The van der Waals surface area contributed by atoms with Gasteiger partial charge in [0.15, 0.2) is 0 Å². The minimum atomic E-state index is 0.0766. The van der Waals surface area contributed by atoms with Crippen LogP contribution >= 0.6 is 0 Å². The van der Waals surface area contributed by atoms with Gasteiger partial charge in [0.05, 0.1) is 13.2 Å². The van der Waals surface area contributed by atoms with E-state index in [9.17, 15) is 0 Å². The van der Waals surface area contributed by atoms with E-state index >= 15 is 0 Å². The van der Waals surface area contributed by atoms with Crippen LogP contribution in [0.4, 0.5) is 0 Å². The summed E-state index contributed by atoms with van der Waals surface area (Å²) in [6.45, 7) is 2.72. The number of ether oxygens (including phenoxy) is 1. The van der Waals surface area contributed by atoms with Gasteiger partial charge in [-0.2, -0.15) is 0 Å². The van der Waals surface area contributed by atoms with E-state index in [0.717, 1.165) is 11.3 Å². The lowest BCUT2D eigenvalue weighted by molar-refractivity contribution is 0.340. The number of aliphatic hydroxyl groups excluding tert-OH is 1.